The summed E-state index contributed by atoms with van der Waals surface area (Å²) in [4.78, 5) is 0. The maximum atomic E-state index is 13.0. The van der Waals surface area contributed by atoms with Gasteiger partial charge in [-0.3, -0.25) is 0 Å². The molecule has 0 saturated carbocycles. The van der Waals surface area contributed by atoms with E-state index in [9.17, 15) is 4.39 Å². The highest BCUT2D eigenvalue weighted by Crippen LogP contribution is 2.15. The third-order valence-electron chi connectivity index (χ3n) is 2.57. The van der Waals surface area contributed by atoms with Crippen LogP contribution in [0.1, 0.15) is 11.1 Å². The molecule has 0 unspecified atom stereocenters. The number of nitrogens with one attached hydrogen (secondary N) is 1. The molecular formula is C16H14FN. The van der Waals surface area contributed by atoms with Gasteiger partial charge in [0.1, 0.15) is 5.82 Å². The Morgan fingerprint density at radius 3 is 2.67 bits per heavy atom. The summed E-state index contributed by atoms with van der Waals surface area (Å²) in [5, 5.41) is 3.11. The first-order chi connectivity index (χ1) is 8.75. The maximum Gasteiger partial charge on any atom is 0.125 e. The lowest BCUT2D eigenvalue weighted by Crippen LogP contribution is -2.01. The summed E-state index contributed by atoms with van der Waals surface area (Å²) in [6.07, 6.45) is 0. The Balaban J connectivity index is 1.97. The highest BCUT2D eigenvalue weighted by molar-refractivity contribution is 5.51. The minimum Gasteiger partial charge on any atom is -0.374 e. The molecule has 0 aliphatic rings. The lowest BCUT2D eigenvalue weighted by molar-refractivity contribution is 0.628. The number of benzene rings is 2. The largest absolute Gasteiger partial charge is 0.374 e. The summed E-state index contributed by atoms with van der Waals surface area (Å²) in [5.41, 5.74) is 2.78. The molecule has 0 bridgehead atoms. The van der Waals surface area contributed by atoms with Gasteiger partial charge in [0.05, 0.1) is 6.54 Å². The fourth-order valence-electron chi connectivity index (χ4n) is 1.59. The zero-order valence-corrected chi connectivity index (χ0v) is 10.2. The molecule has 0 atom stereocenters. The van der Waals surface area contributed by atoms with Gasteiger partial charge >= 0.3 is 0 Å². The van der Waals surface area contributed by atoms with Crippen LogP contribution in [0.2, 0.25) is 0 Å². The third-order valence-corrected chi connectivity index (χ3v) is 2.57. The van der Waals surface area contributed by atoms with Crippen molar-refractivity contribution in [2.24, 2.45) is 0 Å². The van der Waals surface area contributed by atoms with Gasteiger partial charge in [0.15, 0.2) is 0 Å². The summed E-state index contributed by atoms with van der Waals surface area (Å²) >= 11 is 0. The van der Waals surface area contributed by atoms with Crippen LogP contribution >= 0.6 is 0 Å². The molecule has 0 saturated heterocycles. The number of hydrogen-bond donors (Lipinski definition) is 1. The monoisotopic (exact) mass is 239 g/mol. The lowest BCUT2D eigenvalue weighted by Gasteiger charge is -2.05. The zero-order valence-electron chi connectivity index (χ0n) is 10.2. The minimum atomic E-state index is -0.237. The van der Waals surface area contributed by atoms with Crippen molar-refractivity contribution in [2.45, 2.75) is 6.92 Å². The Kier molecular flexibility index (Phi) is 3.98. The first kappa shape index (κ1) is 12.2. The van der Waals surface area contributed by atoms with Crippen LogP contribution in [0.5, 0.6) is 0 Å². The first-order valence-corrected chi connectivity index (χ1v) is 5.79. The van der Waals surface area contributed by atoms with E-state index in [4.69, 9.17) is 0 Å². The van der Waals surface area contributed by atoms with Gasteiger partial charge in [-0.25, -0.2) is 4.39 Å². The standard InChI is InChI=1S/C16H14FN/c1-13-9-10-15(17)12-16(13)18-11-5-8-14-6-3-2-4-7-14/h2-4,6-7,9-10,12,18H,11H2,1H3. The molecule has 0 aliphatic heterocycles. The number of aryl methyl sites for hydroxylation is 1. The molecule has 0 spiro atoms. The minimum absolute atomic E-state index is 0.237. The molecule has 1 N–H and O–H groups in total. The Bertz CT molecular complexity index is 579. The Morgan fingerprint density at radius 1 is 1.11 bits per heavy atom. The van der Waals surface area contributed by atoms with Crippen LogP contribution in [0, 0.1) is 24.6 Å². The van der Waals surface area contributed by atoms with E-state index in [-0.39, 0.29) is 5.82 Å². The van der Waals surface area contributed by atoms with Gasteiger partial charge in [-0.05, 0) is 36.8 Å². The van der Waals surface area contributed by atoms with Crippen molar-refractivity contribution >= 4 is 5.69 Å². The zero-order chi connectivity index (χ0) is 12.8. The molecule has 2 aromatic carbocycles. The fourth-order valence-corrected chi connectivity index (χ4v) is 1.59. The second-order valence-electron chi connectivity index (χ2n) is 3.98. The van der Waals surface area contributed by atoms with E-state index >= 15 is 0 Å². The molecule has 18 heavy (non-hydrogen) atoms. The molecule has 2 aromatic rings. The second kappa shape index (κ2) is 5.88. The average molecular weight is 239 g/mol. The highest BCUT2D eigenvalue weighted by Gasteiger charge is 1.97. The number of anilines is 1. The van der Waals surface area contributed by atoms with Crippen molar-refractivity contribution in [2.75, 3.05) is 11.9 Å². The van der Waals surface area contributed by atoms with Crippen molar-refractivity contribution in [1.82, 2.24) is 0 Å². The van der Waals surface area contributed by atoms with Crippen LogP contribution in [0.15, 0.2) is 48.5 Å². The Morgan fingerprint density at radius 2 is 1.89 bits per heavy atom. The van der Waals surface area contributed by atoms with Gasteiger partial charge in [-0.1, -0.05) is 36.1 Å². The van der Waals surface area contributed by atoms with Crippen LogP contribution < -0.4 is 5.32 Å². The van der Waals surface area contributed by atoms with Crippen LogP contribution in [-0.4, -0.2) is 6.54 Å². The lowest BCUT2D eigenvalue weighted by atomic mass is 10.2. The number of hydrogen-bond acceptors (Lipinski definition) is 1. The Hall–Kier alpha value is -2.27. The van der Waals surface area contributed by atoms with Crippen LogP contribution in [-0.2, 0) is 0 Å². The SMILES string of the molecule is Cc1ccc(F)cc1NCC#Cc1ccccc1. The molecule has 0 aromatic heterocycles. The van der Waals surface area contributed by atoms with Gasteiger partial charge in [0.25, 0.3) is 0 Å². The van der Waals surface area contributed by atoms with Crippen molar-refractivity contribution < 1.29 is 4.39 Å². The topological polar surface area (TPSA) is 12.0 Å². The molecule has 0 aliphatic carbocycles. The van der Waals surface area contributed by atoms with Gasteiger partial charge in [-0.2, -0.15) is 0 Å². The predicted octanol–water partition coefficient (Wildman–Crippen LogP) is 3.60. The molecule has 90 valence electrons. The van der Waals surface area contributed by atoms with E-state index in [2.05, 4.69) is 17.2 Å². The molecule has 0 amide bonds. The highest BCUT2D eigenvalue weighted by atomic mass is 19.1. The van der Waals surface area contributed by atoms with Gasteiger partial charge in [-0.15, -0.1) is 0 Å². The number of rotatable bonds is 2. The van der Waals surface area contributed by atoms with Gasteiger partial charge in [0, 0.05) is 11.3 Å². The summed E-state index contributed by atoms with van der Waals surface area (Å²) in [6.45, 7) is 2.44. The van der Waals surface area contributed by atoms with Crippen molar-refractivity contribution in [1.29, 1.82) is 0 Å². The maximum absolute atomic E-state index is 13.0. The second-order valence-corrected chi connectivity index (χ2v) is 3.98. The summed E-state index contributed by atoms with van der Waals surface area (Å²) < 4.78 is 13.0. The predicted molar refractivity (Wildman–Crippen MR) is 72.9 cm³/mol. The van der Waals surface area contributed by atoms with E-state index in [1.807, 2.05) is 37.3 Å². The van der Waals surface area contributed by atoms with E-state index in [1.54, 1.807) is 6.07 Å². The van der Waals surface area contributed by atoms with Crippen LogP contribution in [0.3, 0.4) is 0 Å². The summed E-state index contributed by atoms with van der Waals surface area (Å²) in [6, 6.07) is 14.5. The summed E-state index contributed by atoms with van der Waals surface area (Å²) in [5.74, 6) is 5.82. The van der Waals surface area contributed by atoms with E-state index < -0.39 is 0 Å². The van der Waals surface area contributed by atoms with Gasteiger partial charge < -0.3 is 5.32 Å². The number of halogens is 1. The quantitative estimate of drug-likeness (QED) is 0.790. The molecule has 0 heterocycles. The Labute approximate surface area is 107 Å². The molecule has 0 fully saturated rings. The smallest absolute Gasteiger partial charge is 0.125 e. The van der Waals surface area contributed by atoms with E-state index in [0.717, 1.165) is 16.8 Å². The first-order valence-electron chi connectivity index (χ1n) is 5.79. The van der Waals surface area contributed by atoms with Gasteiger partial charge in [0.2, 0.25) is 0 Å². The average Bonchev–Trinajstić information content (AvgIpc) is 2.40. The molecule has 0 radical (unpaired) electrons. The summed E-state index contributed by atoms with van der Waals surface area (Å²) in [7, 11) is 0. The molecular weight excluding hydrogens is 225 g/mol. The van der Waals surface area contributed by atoms with Crippen molar-refractivity contribution in [3.8, 4) is 11.8 Å². The van der Waals surface area contributed by atoms with Crippen LogP contribution in [0.4, 0.5) is 10.1 Å². The van der Waals surface area contributed by atoms with Crippen LogP contribution in [0.25, 0.3) is 0 Å². The van der Waals surface area contributed by atoms with Crippen molar-refractivity contribution in [3.63, 3.8) is 0 Å². The molecule has 2 heteroatoms. The third kappa shape index (κ3) is 3.36. The normalized spacial score (nSPS) is 9.44. The molecule has 2 rings (SSSR count). The van der Waals surface area contributed by atoms with E-state index in [1.165, 1.54) is 12.1 Å². The van der Waals surface area contributed by atoms with E-state index in [0.29, 0.717) is 6.54 Å². The van der Waals surface area contributed by atoms with Crippen molar-refractivity contribution in [3.05, 3.63) is 65.5 Å². The fraction of sp³-hybridized carbons (Fsp3) is 0.125. The molecule has 1 nitrogen and oxygen atoms in total.